The first-order chi connectivity index (χ1) is 9.86. The topological polar surface area (TPSA) is 43.8 Å². The van der Waals surface area contributed by atoms with E-state index in [0.717, 1.165) is 36.6 Å². The smallest absolute Gasteiger partial charge is 0.0850 e. The van der Waals surface area contributed by atoms with Crippen molar-refractivity contribution in [1.82, 2.24) is 9.78 Å². The molecule has 0 bridgehead atoms. The summed E-state index contributed by atoms with van der Waals surface area (Å²) in [6.07, 6.45) is 6.76. The number of halogens is 1. The third-order valence-corrected chi connectivity index (χ3v) is 5.77. The first-order valence-electron chi connectivity index (χ1n) is 8.30. The minimum absolute atomic E-state index is 0.205. The molecule has 0 spiro atoms. The van der Waals surface area contributed by atoms with E-state index in [1.807, 2.05) is 0 Å². The summed E-state index contributed by atoms with van der Waals surface area (Å²) in [5, 5.41) is 5.52. The monoisotopic (exact) mass is 311 g/mol. The van der Waals surface area contributed by atoms with Crippen LogP contribution < -0.4 is 5.73 Å². The first kappa shape index (κ1) is 16.8. The molecule has 1 heterocycles. The van der Waals surface area contributed by atoms with E-state index in [-0.39, 0.29) is 5.41 Å². The Balaban J connectivity index is 2.25. The highest BCUT2D eigenvalue weighted by Crippen LogP contribution is 2.46. The van der Waals surface area contributed by atoms with Crippen LogP contribution >= 0.6 is 11.6 Å². The molecule has 1 aliphatic rings. The lowest BCUT2D eigenvalue weighted by Crippen LogP contribution is -2.39. The van der Waals surface area contributed by atoms with Gasteiger partial charge in [0.2, 0.25) is 0 Å². The Morgan fingerprint density at radius 1 is 1.19 bits per heavy atom. The second kappa shape index (κ2) is 6.29. The van der Waals surface area contributed by atoms with E-state index in [4.69, 9.17) is 17.3 Å². The minimum atomic E-state index is 0.205. The van der Waals surface area contributed by atoms with E-state index >= 15 is 0 Å². The standard InChI is InChI=1S/C17H30ClN3/c1-5-13-15(18)14(21(6-2)20-13)11-17(12-19)9-7-16(3,4)8-10-17/h5-12,19H2,1-4H3. The Morgan fingerprint density at radius 3 is 2.29 bits per heavy atom. The molecular formula is C17H30ClN3. The maximum absolute atomic E-state index is 6.58. The molecule has 1 fully saturated rings. The maximum Gasteiger partial charge on any atom is 0.0850 e. The lowest BCUT2D eigenvalue weighted by molar-refractivity contribution is 0.106. The predicted octanol–water partition coefficient (Wildman–Crippen LogP) is 4.21. The molecule has 1 aromatic heterocycles. The van der Waals surface area contributed by atoms with Gasteiger partial charge in [-0.05, 0) is 62.8 Å². The molecule has 0 atom stereocenters. The molecule has 2 rings (SSSR count). The Kier molecular flexibility index (Phi) is 5.04. The van der Waals surface area contributed by atoms with Crippen molar-refractivity contribution in [1.29, 1.82) is 0 Å². The van der Waals surface area contributed by atoms with Gasteiger partial charge in [-0.3, -0.25) is 4.68 Å². The predicted molar refractivity (Wildman–Crippen MR) is 89.7 cm³/mol. The molecule has 120 valence electrons. The molecule has 3 nitrogen and oxygen atoms in total. The molecule has 4 heteroatoms. The molecule has 0 aromatic carbocycles. The van der Waals surface area contributed by atoms with Gasteiger partial charge >= 0.3 is 0 Å². The number of hydrogen-bond donors (Lipinski definition) is 1. The maximum atomic E-state index is 6.58. The zero-order chi connectivity index (χ0) is 15.7. The van der Waals surface area contributed by atoms with Crippen LogP contribution in [0.1, 0.15) is 64.8 Å². The molecule has 0 unspecified atom stereocenters. The summed E-state index contributed by atoms with van der Waals surface area (Å²) in [4.78, 5) is 0. The lowest BCUT2D eigenvalue weighted by atomic mass is 9.63. The third kappa shape index (κ3) is 3.45. The molecule has 1 aromatic rings. The van der Waals surface area contributed by atoms with Crippen LogP contribution in [-0.4, -0.2) is 16.3 Å². The number of hydrogen-bond acceptors (Lipinski definition) is 2. The fraction of sp³-hybridized carbons (Fsp3) is 0.824. The second-order valence-corrected chi connectivity index (χ2v) is 7.80. The highest BCUT2D eigenvalue weighted by atomic mass is 35.5. The summed E-state index contributed by atoms with van der Waals surface area (Å²) >= 11 is 6.58. The quantitative estimate of drug-likeness (QED) is 0.885. The molecule has 2 N–H and O–H groups in total. The van der Waals surface area contributed by atoms with E-state index in [0.29, 0.717) is 5.41 Å². The largest absolute Gasteiger partial charge is 0.330 e. The van der Waals surface area contributed by atoms with Crippen LogP contribution in [0.25, 0.3) is 0 Å². The van der Waals surface area contributed by atoms with E-state index in [1.54, 1.807) is 0 Å². The Hall–Kier alpha value is -0.540. The van der Waals surface area contributed by atoms with Crippen LogP contribution in [0.2, 0.25) is 5.02 Å². The Bertz CT molecular complexity index is 480. The fourth-order valence-corrected chi connectivity index (χ4v) is 3.79. The highest BCUT2D eigenvalue weighted by Gasteiger charge is 2.38. The van der Waals surface area contributed by atoms with Gasteiger partial charge in [0, 0.05) is 6.54 Å². The molecule has 21 heavy (non-hydrogen) atoms. The SMILES string of the molecule is CCc1nn(CC)c(CC2(CN)CCC(C)(C)CC2)c1Cl. The van der Waals surface area contributed by atoms with Crippen molar-refractivity contribution >= 4 is 11.6 Å². The van der Waals surface area contributed by atoms with Crippen molar-refractivity contribution in [2.45, 2.75) is 72.8 Å². The summed E-state index contributed by atoms with van der Waals surface area (Å²) in [6, 6.07) is 0. The second-order valence-electron chi connectivity index (χ2n) is 7.42. The van der Waals surface area contributed by atoms with Gasteiger partial charge in [-0.2, -0.15) is 5.10 Å². The zero-order valence-corrected chi connectivity index (χ0v) is 14.8. The van der Waals surface area contributed by atoms with E-state index < -0.39 is 0 Å². The molecule has 0 radical (unpaired) electrons. The van der Waals surface area contributed by atoms with Gasteiger partial charge in [0.05, 0.1) is 16.4 Å². The first-order valence-corrected chi connectivity index (χ1v) is 8.68. The van der Waals surface area contributed by atoms with E-state index in [9.17, 15) is 0 Å². The lowest BCUT2D eigenvalue weighted by Gasteiger charge is -2.43. The van der Waals surface area contributed by atoms with Crippen LogP contribution in [0.3, 0.4) is 0 Å². The Morgan fingerprint density at radius 2 is 1.81 bits per heavy atom. The number of nitrogens with zero attached hydrogens (tertiary/aromatic N) is 2. The zero-order valence-electron chi connectivity index (χ0n) is 14.0. The molecule has 0 saturated heterocycles. The van der Waals surface area contributed by atoms with Gasteiger partial charge in [0.15, 0.2) is 0 Å². The van der Waals surface area contributed by atoms with Crippen LogP contribution in [0, 0.1) is 10.8 Å². The summed E-state index contributed by atoms with van der Waals surface area (Å²) in [5.41, 5.74) is 9.07. The van der Waals surface area contributed by atoms with E-state index in [1.165, 1.54) is 31.4 Å². The van der Waals surface area contributed by atoms with Crippen molar-refractivity contribution in [3.05, 3.63) is 16.4 Å². The van der Waals surface area contributed by atoms with Crippen LogP contribution in [0.15, 0.2) is 0 Å². The van der Waals surface area contributed by atoms with Gasteiger partial charge in [-0.25, -0.2) is 0 Å². The number of nitrogens with two attached hydrogens (primary N) is 1. The van der Waals surface area contributed by atoms with Crippen LogP contribution in [-0.2, 0) is 19.4 Å². The molecule has 1 aliphatic carbocycles. The normalized spacial score (nSPS) is 20.7. The number of aryl methyl sites for hydroxylation is 2. The summed E-state index contributed by atoms with van der Waals surface area (Å²) in [6.45, 7) is 10.6. The molecular weight excluding hydrogens is 282 g/mol. The average Bonchev–Trinajstić information content (AvgIpc) is 2.77. The molecule has 0 amide bonds. The summed E-state index contributed by atoms with van der Waals surface area (Å²) in [5.74, 6) is 0. The van der Waals surface area contributed by atoms with Gasteiger partial charge in [-0.15, -0.1) is 0 Å². The Labute approximate surface area is 134 Å². The number of aromatic nitrogens is 2. The average molecular weight is 312 g/mol. The van der Waals surface area contributed by atoms with Crippen molar-refractivity contribution in [2.75, 3.05) is 6.54 Å². The molecule has 1 saturated carbocycles. The van der Waals surface area contributed by atoms with Crippen molar-refractivity contribution < 1.29 is 0 Å². The van der Waals surface area contributed by atoms with Gasteiger partial charge < -0.3 is 5.73 Å². The van der Waals surface area contributed by atoms with Gasteiger partial charge in [0.1, 0.15) is 0 Å². The van der Waals surface area contributed by atoms with Crippen molar-refractivity contribution in [2.24, 2.45) is 16.6 Å². The van der Waals surface area contributed by atoms with Crippen LogP contribution in [0.5, 0.6) is 0 Å². The van der Waals surface area contributed by atoms with Crippen LogP contribution in [0.4, 0.5) is 0 Å². The van der Waals surface area contributed by atoms with Crippen molar-refractivity contribution in [3.8, 4) is 0 Å². The highest BCUT2D eigenvalue weighted by molar-refractivity contribution is 6.31. The summed E-state index contributed by atoms with van der Waals surface area (Å²) < 4.78 is 2.08. The summed E-state index contributed by atoms with van der Waals surface area (Å²) in [7, 11) is 0. The minimum Gasteiger partial charge on any atom is -0.330 e. The number of rotatable bonds is 5. The van der Waals surface area contributed by atoms with Crippen molar-refractivity contribution in [3.63, 3.8) is 0 Å². The van der Waals surface area contributed by atoms with Gasteiger partial charge in [-0.1, -0.05) is 32.4 Å². The fourth-order valence-electron chi connectivity index (χ4n) is 3.45. The van der Waals surface area contributed by atoms with E-state index in [2.05, 4.69) is 37.5 Å². The molecule has 0 aliphatic heterocycles. The van der Waals surface area contributed by atoms with Gasteiger partial charge in [0.25, 0.3) is 0 Å². The third-order valence-electron chi connectivity index (χ3n) is 5.33.